The molecule has 0 aliphatic heterocycles. The molecule has 21 heavy (non-hydrogen) atoms. The second kappa shape index (κ2) is 4.63. The highest BCUT2D eigenvalue weighted by Gasteiger charge is 2.08. The fourth-order valence-electron chi connectivity index (χ4n) is 2.58. The molecule has 3 heteroatoms. The van der Waals surface area contributed by atoms with Gasteiger partial charge in [-0.05, 0) is 23.6 Å². The molecule has 1 aromatic heterocycles. The minimum atomic E-state index is 0.382. The minimum absolute atomic E-state index is 0.382. The molecule has 0 aliphatic carbocycles. The third-order valence-electron chi connectivity index (χ3n) is 3.60. The van der Waals surface area contributed by atoms with Crippen LogP contribution in [0.2, 0.25) is 0 Å². The maximum Gasteiger partial charge on any atom is 0.302 e. The van der Waals surface area contributed by atoms with E-state index >= 15 is 0 Å². The predicted molar refractivity (Wildman–Crippen MR) is 84.4 cm³/mol. The lowest BCUT2D eigenvalue weighted by molar-refractivity contribution is 0.509. The van der Waals surface area contributed by atoms with Crippen LogP contribution in [0.25, 0.3) is 21.9 Å². The standard InChI is InChI=1S/C18H14N2O/c1-20-17-15-10-6-5-7-13(15)11-12-16(17)21-18(20)19-14-8-3-2-4-9-14/h2-12H,1H3/i8T. The first-order chi connectivity index (χ1) is 10.7. The lowest BCUT2D eigenvalue weighted by Crippen LogP contribution is -2.11. The van der Waals surface area contributed by atoms with Crippen molar-refractivity contribution in [2.75, 3.05) is 0 Å². The van der Waals surface area contributed by atoms with E-state index in [1.54, 1.807) is 6.07 Å². The summed E-state index contributed by atoms with van der Waals surface area (Å²) >= 11 is 0. The Morgan fingerprint density at radius 3 is 2.76 bits per heavy atom. The van der Waals surface area contributed by atoms with E-state index in [1.165, 1.54) is 5.39 Å². The van der Waals surface area contributed by atoms with Gasteiger partial charge in [0.1, 0.15) is 0 Å². The Balaban J connectivity index is 2.07. The van der Waals surface area contributed by atoms with Crippen molar-refractivity contribution in [2.24, 2.45) is 12.0 Å². The van der Waals surface area contributed by atoms with Gasteiger partial charge in [-0.15, -0.1) is 0 Å². The zero-order valence-corrected chi connectivity index (χ0v) is 11.6. The number of fused-ring (bicyclic) bond motifs is 3. The molecule has 0 radical (unpaired) electrons. The number of oxazole rings is 1. The van der Waals surface area contributed by atoms with Crippen LogP contribution in [0.4, 0.5) is 5.69 Å². The number of para-hydroxylation sites is 1. The van der Waals surface area contributed by atoms with Gasteiger partial charge >= 0.3 is 5.68 Å². The van der Waals surface area contributed by atoms with Crippen LogP contribution in [0.5, 0.6) is 0 Å². The van der Waals surface area contributed by atoms with Crippen molar-refractivity contribution >= 4 is 27.6 Å². The van der Waals surface area contributed by atoms with Crippen LogP contribution >= 0.6 is 0 Å². The highest BCUT2D eigenvalue weighted by molar-refractivity contribution is 6.03. The Morgan fingerprint density at radius 2 is 1.86 bits per heavy atom. The van der Waals surface area contributed by atoms with E-state index in [4.69, 9.17) is 5.79 Å². The van der Waals surface area contributed by atoms with Crippen molar-refractivity contribution in [3.63, 3.8) is 0 Å². The molecule has 0 fully saturated rings. The van der Waals surface area contributed by atoms with Gasteiger partial charge in [0.25, 0.3) is 0 Å². The van der Waals surface area contributed by atoms with Gasteiger partial charge in [-0.1, -0.05) is 48.5 Å². The van der Waals surface area contributed by atoms with E-state index in [9.17, 15) is 0 Å². The van der Waals surface area contributed by atoms with Crippen molar-refractivity contribution in [2.45, 2.75) is 0 Å². The van der Waals surface area contributed by atoms with Gasteiger partial charge in [0.05, 0.1) is 12.6 Å². The minimum Gasteiger partial charge on any atom is -0.423 e. The number of aromatic nitrogens is 1. The predicted octanol–water partition coefficient (Wildman–Crippen LogP) is 4.16. The molecule has 4 rings (SSSR count). The Kier molecular flexibility index (Phi) is 2.41. The monoisotopic (exact) mass is 276 g/mol. The lowest BCUT2D eigenvalue weighted by Gasteiger charge is -1.99. The molecule has 0 spiro atoms. The van der Waals surface area contributed by atoms with E-state index in [2.05, 4.69) is 17.1 Å². The molecule has 3 nitrogen and oxygen atoms in total. The van der Waals surface area contributed by atoms with E-state index in [1.807, 2.05) is 54.1 Å². The van der Waals surface area contributed by atoms with Gasteiger partial charge in [0.15, 0.2) is 5.58 Å². The molecule has 102 valence electrons. The van der Waals surface area contributed by atoms with Crippen LogP contribution in [-0.4, -0.2) is 4.57 Å². The summed E-state index contributed by atoms with van der Waals surface area (Å²) in [5.74, 6) is 0. The molecule has 1 heterocycles. The highest BCUT2D eigenvalue weighted by Crippen LogP contribution is 2.24. The van der Waals surface area contributed by atoms with Gasteiger partial charge in [-0.25, -0.2) is 0 Å². The molecule has 3 aromatic carbocycles. The third kappa shape index (κ3) is 1.94. The first kappa shape index (κ1) is 10.9. The summed E-state index contributed by atoms with van der Waals surface area (Å²) in [7, 11) is 1.93. The van der Waals surface area contributed by atoms with Crippen molar-refractivity contribution in [1.29, 1.82) is 0 Å². The molecule has 0 bridgehead atoms. The Morgan fingerprint density at radius 1 is 1.00 bits per heavy atom. The number of rotatable bonds is 1. The molecule has 0 saturated carbocycles. The number of nitrogens with zero attached hydrogens (tertiary/aromatic N) is 2. The van der Waals surface area contributed by atoms with E-state index in [0.717, 1.165) is 16.5 Å². The van der Waals surface area contributed by atoms with Gasteiger partial charge < -0.3 is 4.42 Å². The zero-order chi connectivity index (χ0) is 15.1. The number of hydrogen-bond acceptors (Lipinski definition) is 2. The Hall–Kier alpha value is -2.81. The van der Waals surface area contributed by atoms with E-state index < -0.39 is 0 Å². The summed E-state index contributed by atoms with van der Waals surface area (Å²) in [4.78, 5) is 4.49. The van der Waals surface area contributed by atoms with Crippen LogP contribution in [0.3, 0.4) is 0 Å². The van der Waals surface area contributed by atoms with Gasteiger partial charge in [0.2, 0.25) is 0 Å². The summed E-state index contributed by atoms with van der Waals surface area (Å²) in [6, 6.07) is 19.8. The Labute approximate surface area is 123 Å². The van der Waals surface area contributed by atoms with Crippen molar-refractivity contribution in [1.82, 2.24) is 4.57 Å². The van der Waals surface area contributed by atoms with Gasteiger partial charge in [-0.2, -0.15) is 4.99 Å². The second-order valence-electron chi connectivity index (χ2n) is 4.94. The summed E-state index contributed by atoms with van der Waals surface area (Å²) in [5, 5.41) is 2.30. The topological polar surface area (TPSA) is 30.4 Å². The molecular formula is C18H14N2O. The van der Waals surface area contributed by atoms with E-state index in [-0.39, 0.29) is 0 Å². The van der Waals surface area contributed by atoms with Crippen molar-refractivity contribution in [3.8, 4) is 0 Å². The summed E-state index contributed by atoms with van der Waals surface area (Å²) < 4.78 is 15.7. The van der Waals surface area contributed by atoms with Crippen molar-refractivity contribution in [3.05, 3.63) is 72.4 Å². The lowest BCUT2D eigenvalue weighted by atomic mass is 10.1. The fraction of sp³-hybridized carbons (Fsp3) is 0.0556. The normalized spacial score (nSPS) is 13.0. The first-order valence-electron chi connectivity index (χ1n) is 7.32. The molecule has 0 aliphatic rings. The molecule has 4 aromatic rings. The van der Waals surface area contributed by atoms with Crippen LogP contribution in [0.1, 0.15) is 1.37 Å². The number of benzene rings is 3. The highest BCUT2D eigenvalue weighted by atomic mass is 16.3. The molecule has 0 amide bonds. The quantitative estimate of drug-likeness (QED) is 0.513. The smallest absolute Gasteiger partial charge is 0.302 e. The third-order valence-corrected chi connectivity index (χ3v) is 3.60. The first-order valence-corrected chi connectivity index (χ1v) is 6.82. The molecular weight excluding hydrogens is 260 g/mol. The maximum absolute atomic E-state index is 7.91. The fourth-order valence-corrected chi connectivity index (χ4v) is 2.58. The molecule has 0 unspecified atom stereocenters. The van der Waals surface area contributed by atoms with Crippen LogP contribution in [0, 0.1) is 0 Å². The van der Waals surface area contributed by atoms with E-state index in [0.29, 0.717) is 17.4 Å². The zero-order valence-electron chi connectivity index (χ0n) is 12.6. The second-order valence-corrected chi connectivity index (χ2v) is 4.94. The largest absolute Gasteiger partial charge is 0.423 e. The molecule has 0 atom stereocenters. The van der Waals surface area contributed by atoms with Crippen LogP contribution < -0.4 is 5.68 Å². The molecule has 0 saturated heterocycles. The number of aryl methyl sites for hydroxylation is 1. The average Bonchev–Trinajstić information content (AvgIpc) is 2.86. The molecule has 0 N–H and O–H groups in total. The van der Waals surface area contributed by atoms with Crippen LogP contribution in [0.15, 0.2) is 76.1 Å². The summed E-state index contributed by atoms with van der Waals surface area (Å²) in [6.07, 6.45) is 0. The Bertz CT molecular complexity index is 1060. The summed E-state index contributed by atoms with van der Waals surface area (Å²) in [6.45, 7) is 0. The van der Waals surface area contributed by atoms with Gasteiger partial charge in [0, 0.05) is 12.4 Å². The van der Waals surface area contributed by atoms with Crippen LogP contribution in [-0.2, 0) is 7.05 Å². The van der Waals surface area contributed by atoms with Gasteiger partial charge in [-0.3, -0.25) is 4.57 Å². The summed E-state index contributed by atoms with van der Waals surface area (Å²) in [5.41, 5.74) is 2.90. The maximum atomic E-state index is 7.91. The average molecular weight is 276 g/mol. The van der Waals surface area contributed by atoms with Crippen molar-refractivity contribution < 1.29 is 5.79 Å². The SMILES string of the molecule is [3H]c1ccccc1N=c1oc2ccc3ccccc3c2n1C. The number of hydrogen-bond donors (Lipinski definition) is 0.